The number of hydrogen-bond acceptors (Lipinski definition) is 2. The Bertz CT molecular complexity index is 837. The van der Waals surface area contributed by atoms with E-state index in [4.69, 9.17) is 39.2 Å². The van der Waals surface area contributed by atoms with Crippen LogP contribution in [0.4, 0.5) is 0 Å². The summed E-state index contributed by atoms with van der Waals surface area (Å²) in [5.74, 6) is 0.143. The second kappa shape index (κ2) is 5.72. The van der Waals surface area contributed by atoms with Gasteiger partial charge in [0.05, 0.1) is 15.1 Å². The van der Waals surface area contributed by atoms with Crippen LogP contribution in [-0.4, -0.2) is 5.78 Å². The van der Waals surface area contributed by atoms with Crippen molar-refractivity contribution in [2.45, 2.75) is 6.42 Å². The van der Waals surface area contributed by atoms with Gasteiger partial charge in [0.2, 0.25) is 5.78 Å². The van der Waals surface area contributed by atoms with Crippen molar-refractivity contribution >= 4 is 51.6 Å². The Balaban J connectivity index is 1.90. The maximum absolute atomic E-state index is 12.3. The Labute approximate surface area is 136 Å². The van der Waals surface area contributed by atoms with Crippen LogP contribution in [0.1, 0.15) is 16.1 Å². The number of rotatable bonds is 3. The minimum atomic E-state index is -0.138. The molecule has 106 valence electrons. The second-order valence-corrected chi connectivity index (χ2v) is 5.84. The average Bonchev–Trinajstić information content (AvgIpc) is 2.89. The lowest BCUT2D eigenvalue weighted by atomic mass is 10.1. The SMILES string of the molecule is O=C(Cc1ccc(Cl)c(Cl)c1)c1cc2cccc(Cl)c2o1. The molecule has 3 aromatic rings. The Morgan fingerprint density at radius 2 is 1.76 bits per heavy atom. The smallest absolute Gasteiger partial charge is 0.202 e. The molecule has 0 atom stereocenters. The van der Waals surface area contributed by atoms with Gasteiger partial charge in [-0.1, -0.05) is 53.0 Å². The van der Waals surface area contributed by atoms with Gasteiger partial charge in [-0.15, -0.1) is 0 Å². The lowest BCUT2D eigenvalue weighted by molar-refractivity contribution is 0.0968. The summed E-state index contributed by atoms with van der Waals surface area (Å²) >= 11 is 17.8. The molecule has 0 radical (unpaired) electrons. The van der Waals surface area contributed by atoms with Gasteiger partial charge < -0.3 is 4.42 Å². The molecule has 0 bridgehead atoms. The van der Waals surface area contributed by atoms with Crippen molar-refractivity contribution in [2.75, 3.05) is 0 Å². The zero-order valence-corrected chi connectivity index (χ0v) is 13.0. The van der Waals surface area contributed by atoms with Crippen molar-refractivity contribution < 1.29 is 9.21 Å². The summed E-state index contributed by atoms with van der Waals surface area (Å²) in [7, 11) is 0. The maximum Gasteiger partial charge on any atom is 0.202 e. The van der Waals surface area contributed by atoms with Gasteiger partial charge in [0.15, 0.2) is 11.3 Å². The number of ketones is 1. The fourth-order valence-corrected chi connectivity index (χ4v) is 2.63. The fourth-order valence-electron chi connectivity index (χ4n) is 2.09. The first kappa shape index (κ1) is 14.5. The highest BCUT2D eigenvalue weighted by molar-refractivity contribution is 6.42. The number of halogens is 3. The number of Topliss-reactive ketones (excluding diaryl/α,β-unsaturated/α-hetero) is 1. The first-order valence-electron chi connectivity index (χ1n) is 6.20. The highest BCUT2D eigenvalue weighted by atomic mass is 35.5. The molecule has 0 aliphatic carbocycles. The first-order chi connectivity index (χ1) is 10.0. The quantitative estimate of drug-likeness (QED) is 0.563. The van der Waals surface area contributed by atoms with E-state index < -0.39 is 0 Å². The lowest BCUT2D eigenvalue weighted by Crippen LogP contribution is -2.01. The van der Waals surface area contributed by atoms with Gasteiger partial charge in [0, 0.05) is 11.8 Å². The molecule has 2 aromatic carbocycles. The van der Waals surface area contributed by atoms with Gasteiger partial charge in [-0.2, -0.15) is 0 Å². The van der Waals surface area contributed by atoms with Crippen LogP contribution < -0.4 is 0 Å². The molecule has 0 spiro atoms. The zero-order valence-electron chi connectivity index (χ0n) is 10.7. The van der Waals surface area contributed by atoms with Crippen LogP contribution in [0.5, 0.6) is 0 Å². The van der Waals surface area contributed by atoms with Crippen LogP contribution in [0.3, 0.4) is 0 Å². The van der Waals surface area contributed by atoms with Gasteiger partial charge in [-0.25, -0.2) is 0 Å². The molecular weight excluding hydrogens is 331 g/mol. The molecule has 0 fully saturated rings. The summed E-state index contributed by atoms with van der Waals surface area (Å²) in [6.45, 7) is 0. The number of para-hydroxylation sites is 1. The van der Waals surface area contributed by atoms with Crippen LogP contribution >= 0.6 is 34.8 Å². The molecule has 1 heterocycles. The third-order valence-electron chi connectivity index (χ3n) is 3.12. The van der Waals surface area contributed by atoms with Crippen molar-refractivity contribution in [3.8, 4) is 0 Å². The molecule has 0 aliphatic rings. The molecule has 2 nitrogen and oxygen atoms in total. The standard InChI is InChI=1S/C16H9Cl3O2/c17-11-5-4-9(6-13(11)19)7-14(20)15-8-10-2-1-3-12(18)16(10)21-15/h1-6,8H,7H2. The molecule has 3 rings (SSSR count). The van der Waals surface area contributed by atoms with E-state index >= 15 is 0 Å². The molecule has 0 unspecified atom stereocenters. The first-order valence-corrected chi connectivity index (χ1v) is 7.33. The predicted molar refractivity (Wildman–Crippen MR) is 85.7 cm³/mol. The molecule has 1 aromatic heterocycles. The van der Waals surface area contributed by atoms with E-state index in [9.17, 15) is 4.79 Å². The topological polar surface area (TPSA) is 30.2 Å². The van der Waals surface area contributed by atoms with Gasteiger partial charge in [0.25, 0.3) is 0 Å². The summed E-state index contributed by atoms with van der Waals surface area (Å²) in [4.78, 5) is 12.3. The Morgan fingerprint density at radius 1 is 0.952 bits per heavy atom. The van der Waals surface area contributed by atoms with E-state index in [2.05, 4.69) is 0 Å². The number of hydrogen-bond donors (Lipinski definition) is 0. The number of carbonyl (C=O) groups is 1. The van der Waals surface area contributed by atoms with Crippen LogP contribution in [0.2, 0.25) is 15.1 Å². The van der Waals surface area contributed by atoms with Gasteiger partial charge in [-0.3, -0.25) is 4.79 Å². The highest BCUT2D eigenvalue weighted by Crippen LogP contribution is 2.28. The fraction of sp³-hybridized carbons (Fsp3) is 0.0625. The number of benzene rings is 2. The average molecular weight is 340 g/mol. The Morgan fingerprint density at radius 3 is 2.48 bits per heavy atom. The van der Waals surface area contributed by atoms with Crippen LogP contribution in [-0.2, 0) is 6.42 Å². The third-order valence-corrected chi connectivity index (χ3v) is 4.16. The summed E-state index contributed by atoms with van der Waals surface area (Å²) in [6, 6.07) is 12.2. The van der Waals surface area contributed by atoms with Crippen molar-refractivity contribution in [3.05, 3.63) is 68.9 Å². The van der Waals surface area contributed by atoms with E-state index in [1.54, 1.807) is 30.3 Å². The molecule has 5 heteroatoms. The second-order valence-electron chi connectivity index (χ2n) is 4.62. The van der Waals surface area contributed by atoms with Gasteiger partial charge >= 0.3 is 0 Å². The lowest BCUT2D eigenvalue weighted by Gasteiger charge is -2.01. The van der Waals surface area contributed by atoms with Gasteiger partial charge in [0.1, 0.15) is 0 Å². The summed E-state index contributed by atoms with van der Waals surface area (Å²) in [6.07, 6.45) is 0.189. The normalized spacial score (nSPS) is 11.0. The number of carbonyl (C=O) groups excluding carboxylic acids is 1. The van der Waals surface area contributed by atoms with Crippen molar-refractivity contribution in [3.63, 3.8) is 0 Å². The van der Waals surface area contributed by atoms with Crippen molar-refractivity contribution in [2.24, 2.45) is 0 Å². The summed E-state index contributed by atoms with van der Waals surface area (Å²) in [5.41, 5.74) is 1.30. The predicted octanol–water partition coefficient (Wildman–Crippen LogP) is 5.82. The van der Waals surface area contributed by atoms with Crippen molar-refractivity contribution in [1.82, 2.24) is 0 Å². The molecule has 21 heavy (non-hydrogen) atoms. The summed E-state index contributed by atoms with van der Waals surface area (Å²) < 4.78 is 5.55. The van der Waals surface area contributed by atoms with Crippen LogP contribution in [0.25, 0.3) is 11.0 Å². The monoisotopic (exact) mass is 338 g/mol. The van der Waals surface area contributed by atoms with E-state index in [-0.39, 0.29) is 18.0 Å². The minimum Gasteiger partial charge on any atom is -0.451 e. The number of fused-ring (bicyclic) bond motifs is 1. The largest absolute Gasteiger partial charge is 0.451 e. The minimum absolute atomic E-state index is 0.138. The summed E-state index contributed by atoms with van der Waals surface area (Å²) in [5, 5.41) is 2.18. The Hall–Kier alpha value is -1.48. The van der Waals surface area contributed by atoms with E-state index in [0.29, 0.717) is 20.7 Å². The van der Waals surface area contributed by atoms with Crippen LogP contribution in [0.15, 0.2) is 46.9 Å². The van der Waals surface area contributed by atoms with E-state index in [1.807, 2.05) is 12.1 Å². The molecule has 0 saturated heterocycles. The highest BCUT2D eigenvalue weighted by Gasteiger charge is 2.15. The molecule has 0 aliphatic heterocycles. The maximum atomic E-state index is 12.3. The van der Waals surface area contributed by atoms with E-state index in [1.165, 1.54) is 0 Å². The van der Waals surface area contributed by atoms with Crippen molar-refractivity contribution in [1.29, 1.82) is 0 Å². The molecular formula is C16H9Cl3O2. The number of furan rings is 1. The van der Waals surface area contributed by atoms with E-state index in [0.717, 1.165) is 10.9 Å². The van der Waals surface area contributed by atoms with Gasteiger partial charge in [-0.05, 0) is 29.8 Å². The molecule has 0 amide bonds. The zero-order chi connectivity index (χ0) is 15.0. The van der Waals surface area contributed by atoms with Crippen LogP contribution in [0, 0.1) is 0 Å². The Kier molecular flexibility index (Phi) is 3.94. The molecule has 0 saturated carbocycles. The third kappa shape index (κ3) is 2.93. The molecule has 0 N–H and O–H groups in total.